The molecule has 0 aromatic heterocycles. The van der Waals surface area contributed by atoms with Gasteiger partial charge < -0.3 is 9.64 Å². The Morgan fingerprint density at radius 1 is 1.53 bits per heavy atom. The van der Waals surface area contributed by atoms with Gasteiger partial charge in [0.25, 0.3) is 11.6 Å². The number of carbonyl (C=O) groups is 1. The van der Waals surface area contributed by atoms with E-state index in [1.807, 2.05) is 6.92 Å². The molecule has 6 heteroatoms. The summed E-state index contributed by atoms with van der Waals surface area (Å²) in [5.74, 6) is -0.169. The van der Waals surface area contributed by atoms with Crippen molar-refractivity contribution < 1.29 is 14.5 Å². The van der Waals surface area contributed by atoms with Crippen molar-refractivity contribution in [2.24, 2.45) is 0 Å². The quantitative estimate of drug-likeness (QED) is 0.602. The highest BCUT2D eigenvalue weighted by molar-refractivity contribution is 5.96. The molecular formula is C13H16N2O4. The SMILES string of the molecule is Cc1c(C(=O)N2CCOC[C@H]2C)cccc1[N+](=O)[O-]. The molecule has 1 aromatic rings. The van der Waals surface area contributed by atoms with E-state index in [4.69, 9.17) is 4.74 Å². The van der Waals surface area contributed by atoms with Crippen molar-refractivity contribution in [3.05, 3.63) is 39.4 Å². The van der Waals surface area contributed by atoms with Gasteiger partial charge in [-0.15, -0.1) is 0 Å². The highest BCUT2D eigenvalue weighted by Gasteiger charge is 2.27. The van der Waals surface area contributed by atoms with Crippen molar-refractivity contribution in [2.45, 2.75) is 19.9 Å². The minimum atomic E-state index is -0.463. The summed E-state index contributed by atoms with van der Waals surface area (Å²) in [7, 11) is 0. The van der Waals surface area contributed by atoms with Gasteiger partial charge in [-0.05, 0) is 19.9 Å². The molecule has 1 fully saturated rings. The largest absolute Gasteiger partial charge is 0.377 e. The first-order valence-corrected chi connectivity index (χ1v) is 6.15. The maximum Gasteiger partial charge on any atom is 0.273 e. The Morgan fingerprint density at radius 3 is 2.89 bits per heavy atom. The molecule has 0 saturated carbocycles. The molecule has 0 N–H and O–H groups in total. The highest BCUT2D eigenvalue weighted by Crippen LogP contribution is 2.23. The van der Waals surface area contributed by atoms with Gasteiger partial charge in [-0.2, -0.15) is 0 Å². The Balaban J connectivity index is 2.33. The third-order valence-electron chi connectivity index (χ3n) is 3.36. The van der Waals surface area contributed by atoms with Crippen LogP contribution in [-0.2, 0) is 4.74 Å². The van der Waals surface area contributed by atoms with Crippen LogP contribution in [0.2, 0.25) is 0 Å². The Labute approximate surface area is 111 Å². The van der Waals surface area contributed by atoms with Crippen LogP contribution in [0.25, 0.3) is 0 Å². The lowest BCUT2D eigenvalue weighted by Crippen LogP contribution is -2.47. The van der Waals surface area contributed by atoms with Crippen molar-refractivity contribution in [1.82, 2.24) is 4.90 Å². The summed E-state index contributed by atoms with van der Waals surface area (Å²) >= 11 is 0. The number of amides is 1. The molecule has 1 aliphatic rings. The second-order valence-corrected chi connectivity index (χ2v) is 4.63. The normalized spacial score (nSPS) is 19.3. The summed E-state index contributed by atoms with van der Waals surface area (Å²) in [4.78, 5) is 24.6. The van der Waals surface area contributed by atoms with E-state index >= 15 is 0 Å². The summed E-state index contributed by atoms with van der Waals surface area (Å²) in [6, 6.07) is 4.57. The number of morpholine rings is 1. The molecule has 1 heterocycles. The van der Waals surface area contributed by atoms with Gasteiger partial charge in [0.2, 0.25) is 0 Å². The van der Waals surface area contributed by atoms with E-state index in [9.17, 15) is 14.9 Å². The fourth-order valence-corrected chi connectivity index (χ4v) is 2.24. The molecule has 0 bridgehead atoms. The standard InChI is InChI=1S/C13H16N2O4/c1-9-8-19-7-6-14(9)13(16)11-4-3-5-12(10(11)2)15(17)18/h3-5,9H,6-8H2,1-2H3/t9-/m1/s1. The Kier molecular flexibility index (Phi) is 3.80. The van der Waals surface area contributed by atoms with Crippen LogP contribution in [0.15, 0.2) is 18.2 Å². The van der Waals surface area contributed by atoms with E-state index in [1.165, 1.54) is 6.07 Å². The van der Waals surface area contributed by atoms with Gasteiger partial charge in [0, 0.05) is 23.7 Å². The van der Waals surface area contributed by atoms with Crippen LogP contribution in [0, 0.1) is 17.0 Å². The van der Waals surface area contributed by atoms with E-state index in [0.717, 1.165) is 0 Å². The monoisotopic (exact) mass is 264 g/mol. The minimum Gasteiger partial charge on any atom is -0.377 e. The van der Waals surface area contributed by atoms with Crippen LogP contribution < -0.4 is 0 Å². The molecule has 0 unspecified atom stereocenters. The van der Waals surface area contributed by atoms with Crippen molar-refractivity contribution in [3.63, 3.8) is 0 Å². The molecule has 1 aliphatic heterocycles. The molecule has 1 amide bonds. The molecule has 0 radical (unpaired) electrons. The number of nitro groups is 1. The second kappa shape index (κ2) is 5.36. The maximum atomic E-state index is 12.5. The fraction of sp³-hybridized carbons (Fsp3) is 0.462. The smallest absolute Gasteiger partial charge is 0.273 e. The topological polar surface area (TPSA) is 72.7 Å². The molecule has 2 rings (SSSR count). The van der Waals surface area contributed by atoms with E-state index in [1.54, 1.807) is 24.0 Å². The first kappa shape index (κ1) is 13.5. The first-order valence-electron chi connectivity index (χ1n) is 6.15. The summed E-state index contributed by atoms with van der Waals surface area (Å²) in [6.07, 6.45) is 0. The summed E-state index contributed by atoms with van der Waals surface area (Å²) < 4.78 is 5.29. The number of benzene rings is 1. The summed E-state index contributed by atoms with van der Waals surface area (Å²) in [6.45, 7) is 5.03. The van der Waals surface area contributed by atoms with Crippen LogP contribution in [0.1, 0.15) is 22.8 Å². The van der Waals surface area contributed by atoms with Gasteiger partial charge in [-0.25, -0.2) is 0 Å². The Hall–Kier alpha value is -1.95. The maximum absolute atomic E-state index is 12.5. The van der Waals surface area contributed by atoms with E-state index < -0.39 is 4.92 Å². The van der Waals surface area contributed by atoms with Crippen LogP contribution >= 0.6 is 0 Å². The van der Waals surface area contributed by atoms with Crippen molar-refractivity contribution in [3.8, 4) is 0 Å². The summed E-state index contributed by atoms with van der Waals surface area (Å²) in [5.41, 5.74) is 0.783. The number of ether oxygens (including phenoxy) is 1. The number of hydrogen-bond acceptors (Lipinski definition) is 4. The van der Waals surface area contributed by atoms with Gasteiger partial charge in [0.15, 0.2) is 0 Å². The minimum absolute atomic E-state index is 0.0140. The van der Waals surface area contributed by atoms with E-state index in [0.29, 0.717) is 30.9 Å². The molecule has 102 valence electrons. The fourth-order valence-electron chi connectivity index (χ4n) is 2.24. The van der Waals surface area contributed by atoms with Crippen LogP contribution in [-0.4, -0.2) is 41.5 Å². The lowest BCUT2D eigenvalue weighted by molar-refractivity contribution is -0.385. The number of nitro benzene ring substituents is 1. The number of carbonyl (C=O) groups excluding carboxylic acids is 1. The zero-order valence-corrected chi connectivity index (χ0v) is 11.0. The van der Waals surface area contributed by atoms with Crippen LogP contribution in [0.5, 0.6) is 0 Å². The van der Waals surface area contributed by atoms with Gasteiger partial charge in [-0.1, -0.05) is 6.07 Å². The molecule has 6 nitrogen and oxygen atoms in total. The lowest BCUT2D eigenvalue weighted by atomic mass is 10.0. The second-order valence-electron chi connectivity index (χ2n) is 4.63. The molecule has 1 aromatic carbocycles. The number of hydrogen-bond donors (Lipinski definition) is 0. The molecular weight excluding hydrogens is 248 g/mol. The predicted molar refractivity (Wildman–Crippen MR) is 69.2 cm³/mol. The zero-order valence-electron chi connectivity index (χ0n) is 11.0. The van der Waals surface area contributed by atoms with Crippen molar-refractivity contribution in [1.29, 1.82) is 0 Å². The molecule has 0 spiro atoms. The molecule has 1 atom stereocenters. The van der Waals surface area contributed by atoms with Crippen molar-refractivity contribution in [2.75, 3.05) is 19.8 Å². The van der Waals surface area contributed by atoms with E-state index in [-0.39, 0.29) is 17.6 Å². The van der Waals surface area contributed by atoms with Crippen LogP contribution in [0.4, 0.5) is 5.69 Å². The van der Waals surface area contributed by atoms with Crippen LogP contribution in [0.3, 0.4) is 0 Å². The summed E-state index contributed by atoms with van der Waals surface area (Å²) in [5, 5.41) is 10.9. The van der Waals surface area contributed by atoms with Gasteiger partial charge in [0.1, 0.15) is 0 Å². The average molecular weight is 264 g/mol. The average Bonchev–Trinajstić information content (AvgIpc) is 2.38. The zero-order chi connectivity index (χ0) is 14.0. The van der Waals surface area contributed by atoms with Crippen molar-refractivity contribution >= 4 is 11.6 Å². The Bertz CT molecular complexity index is 515. The number of rotatable bonds is 2. The molecule has 0 aliphatic carbocycles. The third kappa shape index (κ3) is 2.58. The molecule has 19 heavy (non-hydrogen) atoms. The Morgan fingerprint density at radius 2 is 2.26 bits per heavy atom. The third-order valence-corrected chi connectivity index (χ3v) is 3.36. The van der Waals surface area contributed by atoms with Gasteiger partial charge in [0.05, 0.1) is 24.2 Å². The lowest BCUT2D eigenvalue weighted by Gasteiger charge is -2.33. The molecule has 1 saturated heterocycles. The van der Waals surface area contributed by atoms with Gasteiger partial charge in [-0.3, -0.25) is 14.9 Å². The van der Waals surface area contributed by atoms with E-state index in [2.05, 4.69) is 0 Å². The number of nitrogens with zero attached hydrogens (tertiary/aromatic N) is 2. The highest BCUT2D eigenvalue weighted by atomic mass is 16.6. The van der Waals surface area contributed by atoms with Gasteiger partial charge >= 0.3 is 0 Å². The predicted octanol–water partition coefficient (Wildman–Crippen LogP) is 1.76. The first-order chi connectivity index (χ1) is 9.02.